The van der Waals surface area contributed by atoms with Gasteiger partial charge in [-0.15, -0.1) is 0 Å². The van der Waals surface area contributed by atoms with Crippen molar-refractivity contribution in [2.24, 2.45) is 34.2 Å². The first-order valence-corrected chi connectivity index (χ1v) is 41.3. The van der Waals surface area contributed by atoms with E-state index in [1.807, 2.05) is 20.8 Å². The maximum absolute atomic E-state index is 14.2. The number of nitrogens with zero attached hydrogens (tertiary/aromatic N) is 1. The van der Waals surface area contributed by atoms with E-state index in [2.05, 4.69) is 26.4 Å². The smallest absolute Gasteiger partial charge is 0.293 e. The molecule has 4 aliphatic rings. The van der Waals surface area contributed by atoms with E-state index >= 15 is 0 Å². The number of carbonyl (C=O) groups is 9. The lowest BCUT2D eigenvalue weighted by Gasteiger charge is -2.47. The van der Waals surface area contributed by atoms with Crippen LogP contribution in [0.2, 0.25) is 0 Å². The van der Waals surface area contributed by atoms with Gasteiger partial charge in [-0.3, -0.25) is 43.2 Å². The maximum Gasteiger partial charge on any atom is 0.293 e. The Morgan fingerprint density at radius 1 is 0.513 bits per heavy atom. The average molecular weight is 1650 g/mol. The van der Waals surface area contributed by atoms with Crippen LogP contribution < -0.4 is 21.3 Å². The molecule has 0 aromatic rings. The van der Waals surface area contributed by atoms with Crippen LogP contribution in [0, 0.1) is 29.1 Å². The molecule has 35 nitrogen and oxygen atoms in total. The van der Waals surface area contributed by atoms with Crippen LogP contribution in [0.1, 0.15) is 222 Å². The van der Waals surface area contributed by atoms with Gasteiger partial charge in [0.1, 0.15) is 70.4 Å². The number of aliphatic hydroxyl groups is 10. The minimum absolute atomic E-state index is 0.0230. The molecule has 14 N–H and O–H groups in total. The van der Waals surface area contributed by atoms with Crippen molar-refractivity contribution in [3.05, 3.63) is 0 Å². The number of nitrogens with one attached hydrogen (secondary N) is 4. The molecule has 35 heteroatoms. The number of hydrogen-bond donors (Lipinski definition) is 14. The summed E-state index contributed by atoms with van der Waals surface area (Å²) in [6, 6.07) is -0.867. The van der Waals surface area contributed by atoms with Crippen molar-refractivity contribution in [3.8, 4) is 0 Å². The number of rotatable bonds is 61. The fraction of sp³-hybridized carbons (Fsp3) is 0.875. The summed E-state index contributed by atoms with van der Waals surface area (Å²) >= 11 is 0. The summed E-state index contributed by atoms with van der Waals surface area (Å²) in [5.74, 6) is -4.31. The molecule has 3 saturated heterocycles. The van der Waals surface area contributed by atoms with Gasteiger partial charge in [0.15, 0.2) is 25.5 Å². The Kier molecular flexibility index (Phi) is 48.0. The summed E-state index contributed by atoms with van der Waals surface area (Å²) in [5, 5.41) is 117. The predicted octanol–water partition coefficient (Wildman–Crippen LogP) is 1.66. The Balaban J connectivity index is 1.37. The Bertz CT molecular complexity index is 2790. The monoisotopic (exact) mass is 1650 g/mol. The van der Waals surface area contributed by atoms with Crippen LogP contribution in [0.4, 0.5) is 0 Å². The highest BCUT2D eigenvalue weighted by atomic mass is 16.7. The predicted molar refractivity (Wildman–Crippen MR) is 414 cm³/mol. The molecule has 0 bridgehead atoms. The van der Waals surface area contributed by atoms with E-state index < -0.39 is 164 Å². The number of amides is 4. The minimum atomic E-state index is -1.66. The van der Waals surface area contributed by atoms with E-state index in [9.17, 15) is 94.2 Å². The Morgan fingerprint density at radius 3 is 1.37 bits per heavy atom. The van der Waals surface area contributed by atoms with Gasteiger partial charge >= 0.3 is 0 Å². The molecule has 3 aliphatic heterocycles. The highest BCUT2D eigenvalue weighted by Crippen LogP contribution is 2.43. The fourth-order valence-electron chi connectivity index (χ4n) is 14.7. The molecular weight excluding hydrogens is 1510 g/mol. The van der Waals surface area contributed by atoms with E-state index in [1.165, 1.54) is 20.1 Å². The van der Waals surface area contributed by atoms with Gasteiger partial charge in [-0.2, -0.15) is 0 Å². The quantitative estimate of drug-likeness (QED) is 0.0178. The van der Waals surface area contributed by atoms with E-state index in [1.54, 1.807) is 20.8 Å². The van der Waals surface area contributed by atoms with Gasteiger partial charge < -0.3 is 125 Å². The summed E-state index contributed by atoms with van der Waals surface area (Å²) in [7, 11) is 0. The lowest BCUT2D eigenvalue weighted by Crippen LogP contribution is -2.62. The molecular formula is C80H139N5O30. The Hall–Kier alpha value is -5.26. The molecule has 0 radical (unpaired) electrons. The first kappa shape index (κ1) is 102. The zero-order valence-electron chi connectivity index (χ0n) is 69.0. The minimum Gasteiger partial charge on any atom is -0.461 e. The standard InChI is InChI=1S/C80H139N5O30/c1-52-69(99)71(101)62(43-86)113-74(52)108-34-18-15-26-57(91)22-11-9-13-24-59(93)29-37-105-48-79(85-67(98)46-112-83-42-56-40-80(111-51-89,47-77(5,6)7)41-61(95)68(56)84-55(4)90,49-106-38-30-60(94)25-14-10-12-23-58(92)27-16-19-35-109-75-53(2)70(100)72(102)63(44-87)114-75)50-107-39-31-66(97)82-33-21-32-81-65(96)28-17-20-36-110-76-54(3)73(103)78(8,104)64(45-88)115-76/h42,51-54,56,61-64,68-76,86-88,95,99-104H,9-41,43-50H2,1-8H3,(H,81,96)(H,82,97)(H,84,90)(H,85,98)/t52-,53-,54-,56?,61?,62?,63?,64?,68-,69?,70?,71-,72-,73?,74+,75+,76+,78-,79?,80-/m1/s1. The number of hydrogen-bond acceptors (Lipinski definition) is 31. The lowest BCUT2D eigenvalue weighted by atomic mass is 9.68. The molecule has 664 valence electrons. The van der Waals surface area contributed by atoms with Crippen LogP contribution in [0.3, 0.4) is 0 Å². The van der Waals surface area contributed by atoms with Gasteiger partial charge in [0, 0.05) is 140 Å². The number of ketones is 4. The van der Waals surface area contributed by atoms with Crippen molar-refractivity contribution in [2.75, 3.05) is 99.0 Å². The summed E-state index contributed by atoms with van der Waals surface area (Å²) in [4.78, 5) is 122. The number of unbranched alkanes of at least 4 members (excludes halogenated alkanes) is 7. The van der Waals surface area contributed by atoms with E-state index in [0.717, 1.165) is 0 Å². The number of aliphatic hydroxyl groups excluding tert-OH is 9. The second kappa shape index (κ2) is 54.1. The van der Waals surface area contributed by atoms with E-state index in [-0.39, 0.29) is 158 Å². The molecule has 115 heavy (non-hydrogen) atoms. The first-order valence-electron chi connectivity index (χ1n) is 41.3. The van der Waals surface area contributed by atoms with E-state index in [0.29, 0.717) is 122 Å². The number of oxime groups is 1. The van der Waals surface area contributed by atoms with Gasteiger partial charge in [-0.1, -0.05) is 59.5 Å². The molecule has 4 amide bonds. The van der Waals surface area contributed by atoms with Gasteiger partial charge in [-0.05, 0) is 95.8 Å². The number of ether oxygens (including phenoxy) is 10. The Morgan fingerprint density at radius 2 is 0.939 bits per heavy atom. The summed E-state index contributed by atoms with van der Waals surface area (Å²) in [6.07, 6.45) is -2.11. The molecule has 3 heterocycles. The number of Topliss-reactive ketones (excluding diaryl/α,β-unsaturated/α-hetero) is 4. The second-order valence-corrected chi connectivity index (χ2v) is 32.9. The van der Waals surface area contributed by atoms with Crippen LogP contribution in [-0.4, -0.2) is 306 Å². The molecule has 0 spiro atoms. The third kappa shape index (κ3) is 37.9. The summed E-state index contributed by atoms with van der Waals surface area (Å²) < 4.78 is 58.3. The molecule has 8 unspecified atom stereocenters. The van der Waals surface area contributed by atoms with Crippen molar-refractivity contribution >= 4 is 59.4 Å². The molecule has 19 atom stereocenters. The molecule has 0 aromatic heterocycles. The van der Waals surface area contributed by atoms with Crippen molar-refractivity contribution in [2.45, 2.75) is 319 Å². The maximum atomic E-state index is 14.2. The van der Waals surface area contributed by atoms with Gasteiger partial charge in [0.05, 0.1) is 89.9 Å². The van der Waals surface area contributed by atoms with Crippen molar-refractivity contribution in [1.82, 2.24) is 21.3 Å². The zero-order chi connectivity index (χ0) is 85.2. The largest absolute Gasteiger partial charge is 0.461 e. The van der Waals surface area contributed by atoms with Crippen LogP contribution in [0.15, 0.2) is 5.16 Å². The first-order chi connectivity index (χ1) is 54.6. The topological polar surface area (TPSA) is 518 Å². The van der Waals surface area contributed by atoms with Crippen molar-refractivity contribution in [1.29, 1.82) is 0 Å². The molecule has 4 fully saturated rings. The van der Waals surface area contributed by atoms with Crippen LogP contribution in [-0.2, 0) is 95.4 Å². The van der Waals surface area contributed by atoms with E-state index in [4.69, 9.17) is 52.2 Å². The van der Waals surface area contributed by atoms with Crippen molar-refractivity contribution < 1.29 is 146 Å². The lowest BCUT2D eigenvalue weighted by molar-refractivity contribution is -0.311. The third-order valence-corrected chi connectivity index (χ3v) is 21.4. The SMILES string of the molecule is CC(=O)N[C@H]1C(O)C[C@](CC(C)(C)C)(OC=O)CC1C=NOCC(=O)NC(COCCC(=O)CCCCCC(=O)CCCCO[C@H]1OC(CO)[C@@H](O)C(O)[C@H]1C)(COCCC(=O)CCCCCC(=O)CCCCO[C@H]1OC(CO)[C@@H](O)C(O)[C@H]1C)COCCC(=O)NCCCNC(=O)CCCCO[C@H]1OC(CO)[C@@](C)(O)C(O)[C@H]1C. The molecule has 1 aliphatic carbocycles. The average Bonchev–Trinajstić information content (AvgIpc) is 0.800. The summed E-state index contributed by atoms with van der Waals surface area (Å²) in [6.45, 7) is 11.5. The number of carbonyl (C=O) groups excluding carboxylic acids is 9. The highest BCUT2D eigenvalue weighted by Gasteiger charge is 2.52. The van der Waals surface area contributed by atoms with Crippen LogP contribution in [0.25, 0.3) is 0 Å². The van der Waals surface area contributed by atoms with Crippen LogP contribution in [0.5, 0.6) is 0 Å². The second-order valence-electron chi connectivity index (χ2n) is 32.9. The van der Waals surface area contributed by atoms with Gasteiger partial charge in [0.2, 0.25) is 17.7 Å². The Labute approximate surface area is 676 Å². The normalized spacial score (nSPS) is 28.9. The highest BCUT2D eigenvalue weighted by molar-refractivity contribution is 5.81. The molecule has 4 rings (SSSR count). The summed E-state index contributed by atoms with van der Waals surface area (Å²) in [5.41, 5.74) is -4.73. The third-order valence-electron chi connectivity index (χ3n) is 21.4. The fourth-order valence-corrected chi connectivity index (χ4v) is 14.7. The molecule has 0 aromatic carbocycles. The van der Waals surface area contributed by atoms with Crippen LogP contribution >= 0.6 is 0 Å². The van der Waals surface area contributed by atoms with Crippen molar-refractivity contribution in [3.63, 3.8) is 0 Å². The van der Waals surface area contributed by atoms with Gasteiger partial charge in [-0.25, -0.2) is 0 Å². The zero-order valence-corrected chi connectivity index (χ0v) is 69.0. The molecule has 1 saturated carbocycles. The van der Waals surface area contributed by atoms with Gasteiger partial charge in [0.25, 0.3) is 12.4 Å².